The lowest BCUT2D eigenvalue weighted by molar-refractivity contribution is 0.318. The molecule has 0 amide bonds. The van der Waals surface area contributed by atoms with E-state index >= 15 is 0 Å². The van der Waals surface area contributed by atoms with Crippen molar-refractivity contribution in [1.82, 2.24) is 15.3 Å². The monoisotopic (exact) mass is 229 g/mol. The maximum Gasteiger partial charge on any atom is 0.119 e. The molecule has 0 saturated carbocycles. The van der Waals surface area contributed by atoms with E-state index in [9.17, 15) is 0 Å². The Morgan fingerprint density at radius 3 is 2.76 bits per heavy atom. The summed E-state index contributed by atoms with van der Waals surface area (Å²) in [5.74, 6) is 0.863. The van der Waals surface area contributed by atoms with Crippen molar-refractivity contribution in [3.63, 3.8) is 0 Å². The van der Waals surface area contributed by atoms with Crippen molar-refractivity contribution in [2.45, 2.75) is 0 Å². The minimum atomic E-state index is 0.658. The molecule has 0 saturated heterocycles. The van der Waals surface area contributed by atoms with Gasteiger partial charge in [0.1, 0.15) is 18.7 Å². The van der Waals surface area contributed by atoms with Gasteiger partial charge in [0.25, 0.3) is 0 Å². The van der Waals surface area contributed by atoms with Crippen molar-refractivity contribution in [3.05, 3.63) is 43.0 Å². The fourth-order valence-electron chi connectivity index (χ4n) is 1.48. The van der Waals surface area contributed by atoms with Crippen LogP contribution in [0.1, 0.15) is 0 Å². The number of ether oxygens (including phenoxy) is 1. The molecule has 1 aromatic carbocycles. The first kappa shape index (κ1) is 11.5. The summed E-state index contributed by atoms with van der Waals surface area (Å²) in [7, 11) is 1.90. The lowest BCUT2D eigenvalue weighted by atomic mass is 10.1. The lowest BCUT2D eigenvalue weighted by Gasteiger charge is -2.07. The Labute approximate surface area is 101 Å². The van der Waals surface area contributed by atoms with Crippen LogP contribution in [0.25, 0.3) is 11.1 Å². The summed E-state index contributed by atoms with van der Waals surface area (Å²) in [5.41, 5.74) is 2.05. The fraction of sp³-hybridized carbons (Fsp3) is 0.231. The van der Waals surface area contributed by atoms with E-state index in [0.29, 0.717) is 6.61 Å². The van der Waals surface area contributed by atoms with Gasteiger partial charge in [-0.15, -0.1) is 0 Å². The van der Waals surface area contributed by atoms with Crippen molar-refractivity contribution in [3.8, 4) is 16.9 Å². The summed E-state index contributed by atoms with van der Waals surface area (Å²) < 4.78 is 5.61. The zero-order valence-corrected chi connectivity index (χ0v) is 9.76. The van der Waals surface area contributed by atoms with Crippen molar-refractivity contribution in [1.29, 1.82) is 0 Å². The number of benzene rings is 1. The summed E-state index contributed by atoms with van der Waals surface area (Å²) in [6, 6.07) is 7.93. The van der Waals surface area contributed by atoms with E-state index in [0.717, 1.165) is 23.4 Å². The van der Waals surface area contributed by atoms with Gasteiger partial charge in [-0.3, -0.25) is 0 Å². The summed E-state index contributed by atoms with van der Waals surface area (Å²) in [5, 5.41) is 3.04. The van der Waals surface area contributed by atoms with Crippen LogP contribution >= 0.6 is 0 Å². The van der Waals surface area contributed by atoms with Crippen LogP contribution in [0.2, 0.25) is 0 Å². The van der Waals surface area contributed by atoms with Crippen molar-refractivity contribution >= 4 is 0 Å². The third kappa shape index (κ3) is 3.26. The molecule has 0 unspecified atom stereocenters. The van der Waals surface area contributed by atoms with Gasteiger partial charge in [0.15, 0.2) is 0 Å². The highest BCUT2D eigenvalue weighted by atomic mass is 16.5. The molecular formula is C13H15N3O. The van der Waals surface area contributed by atoms with Gasteiger partial charge in [-0.25, -0.2) is 9.97 Å². The number of nitrogens with one attached hydrogen (secondary N) is 1. The van der Waals surface area contributed by atoms with Gasteiger partial charge in [-0.1, -0.05) is 12.1 Å². The van der Waals surface area contributed by atoms with Crippen LogP contribution in [0, 0.1) is 0 Å². The molecule has 0 aliphatic rings. The molecule has 88 valence electrons. The summed E-state index contributed by atoms with van der Waals surface area (Å²) >= 11 is 0. The quantitative estimate of drug-likeness (QED) is 0.793. The van der Waals surface area contributed by atoms with Crippen molar-refractivity contribution in [2.75, 3.05) is 20.2 Å². The van der Waals surface area contributed by atoms with Crippen LogP contribution in [0.5, 0.6) is 5.75 Å². The van der Waals surface area contributed by atoms with E-state index < -0.39 is 0 Å². The predicted molar refractivity (Wildman–Crippen MR) is 66.9 cm³/mol. The second-order valence-electron chi connectivity index (χ2n) is 3.61. The maximum absolute atomic E-state index is 5.61. The van der Waals surface area contributed by atoms with Gasteiger partial charge in [-0.2, -0.15) is 0 Å². The molecular weight excluding hydrogens is 214 g/mol. The van der Waals surface area contributed by atoms with Gasteiger partial charge in [0.2, 0.25) is 0 Å². The van der Waals surface area contributed by atoms with Crippen LogP contribution in [-0.4, -0.2) is 30.2 Å². The molecule has 0 bridgehead atoms. The van der Waals surface area contributed by atoms with Gasteiger partial charge in [0.05, 0.1) is 0 Å². The number of nitrogens with zero attached hydrogens (tertiary/aromatic N) is 2. The molecule has 1 heterocycles. The van der Waals surface area contributed by atoms with Crippen LogP contribution in [0.4, 0.5) is 0 Å². The maximum atomic E-state index is 5.61. The van der Waals surface area contributed by atoms with E-state index in [1.807, 2.05) is 31.3 Å². The van der Waals surface area contributed by atoms with Gasteiger partial charge < -0.3 is 10.1 Å². The molecule has 0 spiro atoms. The number of hydrogen-bond donors (Lipinski definition) is 1. The molecule has 2 rings (SSSR count). The van der Waals surface area contributed by atoms with Crippen molar-refractivity contribution in [2.24, 2.45) is 0 Å². The Balaban J connectivity index is 2.12. The Kier molecular flexibility index (Phi) is 4.05. The second kappa shape index (κ2) is 5.96. The van der Waals surface area contributed by atoms with Crippen molar-refractivity contribution < 1.29 is 4.74 Å². The molecule has 4 heteroatoms. The minimum absolute atomic E-state index is 0.658. The second-order valence-corrected chi connectivity index (χ2v) is 3.61. The van der Waals surface area contributed by atoms with Crippen LogP contribution in [0.3, 0.4) is 0 Å². The smallest absolute Gasteiger partial charge is 0.119 e. The Bertz CT molecular complexity index is 459. The fourth-order valence-corrected chi connectivity index (χ4v) is 1.48. The van der Waals surface area contributed by atoms with E-state index in [4.69, 9.17) is 4.74 Å². The molecule has 1 aromatic heterocycles. The number of hydrogen-bond acceptors (Lipinski definition) is 4. The van der Waals surface area contributed by atoms with E-state index in [-0.39, 0.29) is 0 Å². The lowest BCUT2D eigenvalue weighted by Crippen LogP contribution is -2.15. The molecule has 0 atom stereocenters. The third-order valence-corrected chi connectivity index (χ3v) is 2.35. The molecule has 0 aliphatic heterocycles. The topological polar surface area (TPSA) is 47.0 Å². The Morgan fingerprint density at radius 2 is 2.00 bits per heavy atom. The number of likely N-dealkylation sites (N-methyl/N-ethyl adjacent to an activating group) is 1. The number of aromatic nitrogens is 2. The highest BCUT2D eigenvalue weighted by Crippen LogP contribution is 2.22. The summed E-state index contributed by atoms with van der Waals surface area (Å²) in [4.78, 5) is 8.01. The summed E-state index contributed by atoms with van der Waals surface area (Å²) in [6.45, 7) is 1.49. The van der Waals surface area contributed by atoms with E-state index in [1.165, 1.54) is 6.33 Å². The molecule has 4 nitrogen and oxygen atoms in total. The first-order valence-electron chi connectivity index (χ1n) is 5.53. The van der Waals surface area contributed by atoms with Gasteiger partial charge in [0, 0.05) is 24.5 Å². The van der Waals surface area contributed by atoms with E-state index in [2.05, 4.69) is 15.3 Å². The molecule has 0 fully saturated rings. The predicted octanol–water partition coefficient (Wildman–Crippen LogP) is 1.74. The van der Waals surface area contributed by atoms with Gasteiger partial charge in [-0.05, 0) is 24.7 Å². The minimum Gasteiger partial charge on any atom is -0.492 e. The molecule has 0 radical (unpaired) electrons. The normalized spacial score (nSPS) is 10.2. The zero-order valence-electron chi connectivity index (χ0n) is 9.76. The molecule has 1 N–H and O–H groups in total. The van der Waals surface area contributed by atoms with Crippen LogP contribution in [0.15, 0.2) is 43.0 Å². The molecule has 0 aliphatic carbocycles. The highest BCUT2D eigenvalue weighted by Gasteiger charge is 2.00. The number of rotatable bonds is 5. The first-order chi connectivity index (χ1) is 8.40. The average Bonchev–Trinajstić information content (AvgIpc) is 2.41. The van der Waals surface area contributed by atoms with Crippen LogP contribution in [-0.2, 0) is 0 Å². The Morgan fingerprint density at radius 1 is 1.18 bits per heavy atom. The summed E-state index contributed by atoms with van der Waals surface area (Å²) in [6.07, 6.45) is 5.11. The van der Waals surface area contributed by atoms with E-state index in [1.54, 1.807) is 12.4 Å². The molecule has 2 aromatic rings. The SMILES string of the molecule is CNCCOc1cccc(-c2cncnc2)c1. The molecule has 17 heavy (non-hydrogen) atoms. The Hall–Kier alpha value is -1.94. The first-order valence-corrected chi connectivity index (χ1v) is 5.53. The largest absolute Gasteiger partial charge is 0.492 e. The van der Waals surface area contributed by atoms with Gasteiger partial charge >= 0.3 is 0 Å². The third-order valence-electron chi connectivity index (χ3n) is 2.35. The zero-order chi connectivity index (χ0) is 11.9. The standard InChI is InChI=1S/C13H15N3O/c1-14-5-6-17-13-4-2-3-11(7-13)12-8-15-10-16-9-12/h2-4,7-10,14H,5-6H2,1H3. The van der Waals surface area contributed by atoms with Crippen LogP contribution < -0.4 is 10.1 Å². The highest BCUT2D eigenvalue weighted by molar-refractivity contribution is 5.63. The average molecular weight is 229 g/mol.